The molecule has 1 aromatic heterocycles. The van der Waals surface area contributed by atoms with Crippen molar-refractivity contribution in [3.8, 4) is 5.75 Å². The maximum atomic E-state index is 6.14. The third-order valence-electron chi connectivity index (χ3n) is 3.57. The van der Waals surface area contributed by atoms with E-state index in [2.05, 4.69) is 29.1 Å². The molecule has 0 unspecified atom stereocenters. The standard InChI is InChI=1S/C15H18Cl2N4OS/c1-4-10(5-2)14-19-20-15(23)21(14)18-8-9-6-11(16)13(22-3)12(17)7-9/h6-8,10H,4-5H2,1-3H3,(H,20,23)/b18-8-. The van der Waals surface area contributed by atoms with E-state index in [1.165, 1.54) is 7.11 Å². The first-order valence-electron chi connectivity index (χ1n) is 7.26. The third-order valence-corrected chi connectivity index (χ3v) is 4.40. The van der Waals surface area contributed by atoms with Gasteiger partial charge in [-0.15, -0.1) is 0 Å². The number of H-pyrrole nitrogens is 1. The third kappa shape index (κ3) is 3.94. The van der Waals surface area contributed by atoms with Crippen LogP contribution in [0.3, 0.4) is 0 Å². The van der Waals surface area contributed by atoms with E-state index in [0.717, 1.165) is 24.2 Å². The van der Waals surface area contributed by atoms with Crippen molar-refractivity contribution in [1.82, 2.24) is 14.9 Å². The van der Waals surface area contributed by atoms with Crippen LogP contribution in [0.2, 0.25) is 10.0 Å². The second kappa shape index (κ2) is 7.95. The van der Waals surface area contributed by atoms with Gasteiger partial charge >= 0.3 is 0 Å². The van der Waals surface area contributed by atoms with E-state index < -0.39 is 0 Å². The molecular weight excluding hydrogens is 355 g/mol. The Kier molecular flexibility index (Phi) is 6.21. The topological polar surface area (TPSA) is 55.2 Å². The van der Waals surface area contributed by atoms with Gasteiger partial charge in [-0.25, -0.2) is 0 Å². The highest BCUT2D eigenvalue weighted by atomic mass is 35.5. The van der Waals surface area contributed by atoms with Crippen LogP contribution in [0.5, 0.6) is 5.75 Å². The van der Waals surface area contributed by atoms with Crippen LogP contribution < -0.4 is 4.74 Å². The molecule has 0 saturated carbocycles. The fourth-order valence-corrected chi connectivity index (χ4v) is 3.15. The Morgan fingerprint density at radius 1 is 1.35 bits per heavy atom. The van der Waals surface area contributed by atoms with E-state index in [4.69, 9.17) is 40.2 Å². The van der Waals surface area contributed by atoms with E-state index in [1.807, 2.05) is 0 Å². The lowest BCUT2D eigenvalue weighted by atomic mass is 10.0. The molecule has 8 heteroatoms. The molecular formula is C15H18Cl2N4OS. The smallest absolute Gasteiger partial charge is 0.216 e. The number of rotatable bonds is 6. The molecule has 0 aliphatic rings. The molecule has 0 spiro atoms. The lowest BCUT2D eigenvalue weighted by Gasteiger charge is -2.10. The van der Waals surface area contributed by atoms with Gasteiger partial charge in [0.2, 0.25) is 4.77 Å². The highest BCUT2D eigenvalue weighted by Crippen LogP contribution is 2.33. The molecule has 1 N–H and O–H groups in total. The molecule has 0 bridgehead atoms. The Hall–Kier alpha value is -1.37. The minimum absolute atomic E-state index is 0.295. The van der Waals surface area contributed by atoms with Gasteiger partial charge in [0.1, 0.15) is 0 Å². The van der Waals surface area contributed by atoms with Crippen molar-refractivity contribution in [3.05, 3.63) is 38.3 Å². The monoisotopic (exact) mass is 372 g/mol. The average molecular weight is 373 g/mol. The van der Waals surface area contributed by atoms with Gasteiger partial charge in [-0.1, -0.05) is 37.0 Å². The highest BCUT2D eigenvalue weighted by Gasteiger charge is 2.15. The number of aromatic nitrogens is 3. The van der Waals surface area contributed by atoms with Gasteiger partial charge in [0.05, 0.1) is 23.4 Å². The van der Waals surface area contributed by atoms with Crippen molar-refractivity contribution in [2.75, 3.05) is 7.11 Å². The van der Waals surface area contributed by atoms with Crippen LogP contribution in [0, 0.1) is 4.77 Å². The normalized spacial score (nSPS) is 11.6. The van der Waals surface area contributed by atoms with Gasteiger partial charge in [0.25, 0.3) is 0 Å². The SMILES string of the molecule is CCC(CC)c1n[nH]c(=S)n1/N=C\c1cc(Cl)c(OC)c(Cl)c1. The maximum Gasteiger partial charge on any atom is 0.216 e. The second-order valence-electron chi connectivity index (χ2n) is 4.97. The Balaban J connectivity index is 2.38. The van der Waals surface area contributed by atoms with E-state index in [9.17, 15) is 0 Å². The molecule has 0 atom stereocenters. The van der Waals surface area contributed by atoms with E-state index >= 15 is 0 Å². The van der Waals surface area contributed by atoms with Crippen molar-refractivity contribution in [2.24, 2.45) is 5.10 Å². The van der Waals surface area contributed by atoms with Gasteiger partial charge in [0.15, 0.2) is 11.6 Å². The molecule has 1 heterocycles. The Morgan fingerprint density at radius 3 is 2.48 bits per heavy atom. The summed E-state index contributed by atoms with van der Waals surface area (Å²) in [4.78, 5) is 0. The molecule has 0 fully saturated rings. The first kappa shape index (κ1) is 18.0. The summed E-state index contributed by atoms with van der Waals surface area (Å²) in [7, 11) is 1.52. The fourth-order valence-electron chi connectivity index (χ4n) is 2.31. The Bertz CT molecular complexity index is 742. The zero-order valence-corrected chi connectivity index (χ0v) is 15.5. The zero-order valence-electron chi connectivity index (χ0n) is 13.1. The summed E-state index contributed by atoms with van der Waals surface area (Å²) in [5.74, 6) is 1.56. The van der Waals surface area contributed by atoms with Crippen LogP contribution in [-0.4, -0.2) is 28.2 Å². The van der Waals surface area contributed by atoms with Gasteiger partial charge in [-0.2, -0.15) is 14.9 Å². The molecule has 2 aromatic rings. The number of ether oxygens (including phenoxy) is 1. The minimum Gasteiger partial charge on any atom is -0.494 e. The molecule has 0 aliphatic heterocycles. The quantitative estimate of drug-likeness (QED) is 0.570. The van der Waals surface area contributed by atoms with Crippen LogP contribution in [0.15, 0.2) is 17.2 Å². The lowest BCUT2D eigenvalue weighted by molar-refractivity contribution is 0.415. The van der Waals surface area contributed by atoms with Crippen LogP contribution in [0.4, 0.5) is 0 Å². The van der Waals surface area contributed by atoms with Crippen LogP contribution in [0.25, 0.3) is 0 Å². The van der Waals surface area contributed by atoms with Crippen molar-refractivity contribution >= 4 is 41.6 Å². The van der Waals surface area contributed by atoms with Crippen molar-refractivity contribution in [3.63, 3.8) is 0 Å². The maximum absolute atomic E-state index is 6.14. The van der Waals surface area contributed by atoms with Crippen molar-refractivity contribution in [1.29, 1.82) is 0 Å². The van der Waals surface area contributed by atoms with Crippen LogP contribution in [-0.2, 0) is 0 Å². The molecule has 0 saturated heterocycles. The predicted molar refractivity (Wildman–Crippen MR) is 96.7 cm³/mol. The molecule has 5 nitrogen and oxygen atoms in total. The molecule has 1 aromatic carbocycles. The predicted octanol–water partition coefficient (Wildman–Crippen LogP) is 5.04. The molecule has 0 radical (unpaired) electrons. The molecule has 0 amide bonds. The summed E-state index contributed by atoms with van der Waals surface area (Å²) >= 11 is 17.5. The van der Waals surface area contributed by atoms with E-state index in [1.54, 1.807) is 23.0 Å². The molecule has 0 aliphatic carbocycles. The van der Waals surface area contributed by atoms with Gasteiger partial charge < -0.3 is 4.74 Å². The van der Waals surface area contributed by atoms with Gasteiger partial charge in [0, 0.05) is 5.92 Å². The first-order chi connectivity index (χ1) is 11.0. The highest BCUT2D eigenvalue weighted by molar-refractivity contribution is 7.71. The van der Waals surface area contributed by atoms with E-state index in [0.29, 0.717) is 26.5 Å². The fraction of sp³-hybridized carbons (Fsp3) is 0.400. The molecule has 124 valence electrons. The van der Waals surface area contributed by atoms with Gasteiger partial charge in [-0.3, -0.25) is 5.10 Å². The second-order valence-corrected chi connectivity index (χ2v) is 6.18. The number of halogens is 2. The van der Waals surface area contributed by atoms with E-state index in [-0.39, 0.29) is 0 Å². The number of aromatic amines is 1. The number of methoxy groups -OCH3 is 1. The minimum atomic E-state index is 0.295. The van der Waals surface area contributed by atoms with Crippen LogP contribution in [0.1, 0.15) is 44.0 Å². The number of hydrogen-bond acceptors (Lipinski definition) is 4. The van der Waals surface area contributed by atoms with Crippen molar-refractivity contribution in [2.45, 2.75) is 32.6 Å². The largest absolute Gasteiger partial charge is 0.494 e. The lowest BCUT2D eigenvalue weighted by Crippen LogP contribution is -2.05. The summed E-state index contributed by atoms with van der Waals surface area (Å²) < 4.78 is 7.23. The number of nitrogens with zero attached hydrogens (tertiary/aromatic N) is 3. The summed E-state index contributed by atoms with van der Waals surface area (Å²) in [5, 5.41) is 12.4. The van der Waals surface area contributed by atoms with Gasteiger partial charge in [-0.05, 0) is 42.8 Å². The zero-order chi connectivity index (χ0) is 17.0. The number of benzene rings is 1. The first-order valence-corrected chi connectivity index (χ1v) is 8.42. The summed E-state index contributed by atoms with van der Waals surface area (Å²) in [6.45, 7) is 4.23. The average Bonchev–Trinajstić information content (AvgIpc) is 2.87. The Morgan fingerprint density at radius 2 is 1.96 bits per heavy atom. The molecule has 23 heavy (non-hydrogen) atoms. The number of nitrogens with one attached hydrogen (secondary N) is 1. The van der Waals surface area contributed by atoms with Crippen molar-refractivity contribution < 1.29 is 4.74 Å². The van der Waals surface area contributed by atoms with Crippen LogP contribution >= 0.6 is 35.4 Å². The molecule has 2 rings (SSSR count). The summed E-state index contributed by atoms with van der Waals surface area (Å²) in [6, 6.07) is 3.46. The number of hydrogen-bond donors (Lipinski definition) is 1. The summed E-state index contributed by atoms with van der Waals surface area (Å²) in [6.07, 6.45) is 3.58. The Labute approximate surface area is 150 Å². The summed E-state index contributed by atoms with van der Waals surface area (Å²) in [5.41, 5.74) is 0.749.